The van der Waals surface area contributed by atoms with Crippen molar-refractivity contribution >= 4 is 11.6 Å². The molecule has 0 radical (unpaired) electrons. The Labute approximate surface area is 101 Å². The summed E-state index contributed by atoms with van der Waals surface area (Å²) in [5.74, 6) is -0.596. The van der Waals surface area contributed by atoms with E-state index in [9.17, 15) is 9.18 Å². The van der Waals surface area contributed by atoms with Gasteiger partial charge in [-0.05, 0) is 38.5 Å². The molecule has 0 aliphatic rings. The van der Waals surface area contributed by atoms with Crippen LogP contribution in [-0.2, 0) is 0 Å². The summed E-state index contributed by atoms with van der Waals surface area (Å²) in [4.78, 5) is 13.9. The molecule has 0 aliphatic carbocycles. The predicted octanol–water partition coefficient (Wildman–Crippen LogP) is 2.67. The highest BCUT2D eigenvalue weighted by Crippen LogP contribution is 2.16. The van der Waals surface area contributed by atoms with Crippen LogP contribution in [0.25, 0.3) is 0 Å². The molecule has 0 bridgehead atoms. The van der Waals surface area contributed by atoms with E-state index in [0.717, 1.165) is 6.42 Å². The maximum atomic E-state index is 13.0. The minimum absolute atomic E-state index is 0.0102. The van der Waals surface area contributed by atoms with Gasteiger partial charge in [-0.25, -0.2) is 4.39 Å². The third-order valence-electron chi connectivity index (χ3n) is 2.97. The smallest absolute Gasteiger partial charge is 0.254 e. The van der Waals surface area contributed by atoms with Crippen molar-refractivity contribution in [3.63, 3.8) is 0 Å². The molecule has 1 aromatic rings. The van der Waals surface area contributed by atoms with E-state index in [4.69, 9.17) is 5.73 Å². The van der Waals surface area contributed by atoms with Gasteiger partial charge in [0.2, 0.25) is 0 Å². The Hall–Kier alpha value is -1.58. The first-order chi connectivity index (χ1) is 8.01. The molecule has 0 saturated heterocycles. The average molecular weight is 238 g/mol. The summed E-state index contributed by atoms with van der Waals surface area (Å²) in [6, 6.07) is 4.26. The molecule has 0 fully saturated rings. The fraction of sp³-hybridized carbons (Fsp3) is 0.462. The maximum absolute atomic E-state index is 13.0. The molecule has 1 aromatic carbocycles. The van der Waals surface area contributed by atoms with Crippen molar-refractivity contribution in [1.82, 2.24) is 4.90 Å². The van der Waals surface area contributed by atoms with Crippen LogP contribution in [0.1, 0.15) is 37.6 Å². The molecule has 0 aromatic heterocycles. The fourth-order valence-corrected chi connectivity index (χ4v) is 1.72. The van der Waals surface area contributed by atoms with E-state index in [1.54, 1.807) is 4.90 Å². The zero-order chi connectivity index (χ0) is 13.0. The zero-order valence-electron chi connectivity index (χ0n) is 10.5. The van der Waals surface area contributed by atoms with Crippen molar-refractivity contribution in [3.05, 3.63) is 29.6 Å². The Morgan fingerprint density at radius 1 is 1.47 bits per heavy atom. The lowest BCUT2D eigenvalue weighted by Gasteiger charge is -2.27. The maximum Gasteiger partial charge on any atom is 0.254 e. The molecule has 1 amide bonds. The normalized spacial score (nSPS) is 12.2. The van der Waals surface area contributed by atoms with Gasteiger partial charge in [0.15, 0.2) is 0 Å². The lowest BCUT2D eigenvalue weighted by Crippen LogP contribution is -2.38. The van der Waals surface area contributed by atoms with Gasteiger partial charge in [0.1, 0.15) is 5.82 Å². The van der Waals surface area contributed by atoms with E-state index in [-0.39, 0.29) is 17.6 Å². The van der Waals surface area contributed by atoms with Crippen LogP contribution in [0.4, 0.5) is 10.1 Å². The van der Waals surface area contributed by atoms with Crippen LogP contribution in [0.3, 0.4) is 0 Å². The second kappa shape index (κ2) is 5.66. The van der Waals surface area contributed by atoms with Crippen molar-refractivity contribution in [2.24, 2.45) is 0 Å². The summed E-state index contributed by atoms with van der Waals surface area (Å²) >= 11 is 0. The number of benzene rings is 1. The molecule has 0 spiro atoms. The molecule has 3 nitrogen and oxygen atoms in total. The number of hydrogen-bond donors (Lipinski definition) is 1. The molecule has 2 N–H and O–H groups in total. The second-order valence-corrected chi connectivity index (χ2v) is 4.08. The zero-order valence-corrected chi connectivity index (χ0v) is 10.5. The Balaban J connectivity index is 2.98. The van der Waals surface area contributed by atoms with Crippen molar-refractivity contribution in [2.45, 2.75) is 33.2 Å². The Morgan fingerprint density at radius 2 is 2.12 bits per heavy atom. The summed E-state index contributed by atoms with van der Waals surface area (Å²) in [5, 5.41) is 0. The molecule has 17 heavy (non-hydrogen) atoms. The first-order valence-corrected chi connectivity index (χ1v) is 5.87. The average Bonchev–Trinajstić information content (AvgIpc) is 2.33. The standard InChI is InChI=1S/C13H19FN2O/c1-4-9(3)16(5-2)13(17)10-6-7-11(14)12(15)8-10/h6-9H,4-5,15H2,1-3H3. The van der Waals surface area contributed by atoms with E-state index in [2.05, 4.69) is 0 Å². The second-order valence-electron chi connectivity index (χ2n) is 4.08. The number of nitrogens with two attached hydrogens (primary N) is 1. The lowest BCUT2D eigenvalue weighted by molar-refractivity contribution is 0.0700. The molecular formula is C13H19FN2O. The van der Waals surface area contributed by atoms with Gasteiger partial charge in [0, 0.05) is 18.2 Å². The van der Waals surface area contributed by atoms with E-state index in [0.29, 0.717) is 12.1 Å². The Kier molecular flexibility index (Phi) is 4.49. The molecule has 4 heteroatoms. The van der Waals surface area contributed by atoms with Gasteiger partial charge in [0.05, 0.1) is 5.69 Å². The van der Waals surface area contributed by atoms with Crippen LogP contribution in [0.2, 0.25) is 0 Å². The van der Waals surface area contributed by atoms with Gasteiger partial charge >= 0.3 is 0 Å². The van der Waals surface area contributed by atoms with Gasteiger partial charge in [-0.3, -0.25) is 4.79 Å². The first-order valence-electron chi connectivity index (χ1n) is 5.87. The fourth-order valence-electron chi connectivity index (χ4n) is 1.72. The summed E-state index contributed by atoms with van der Waals surface area (Å²) < 4.78 is 13.0. The number of nitrogens with zero attached hydrogens (tertiary/aromatic N) is 1. The quantitative estimate of drug-likeness (QED) is 0.820. The number of amides is 1. The summed E-state index contributed by atoms with van der Waals surface area (Å²) in [7, 11) is 0. The van der Waals surface area contributed by atoms with Crippen molar-refractivity contribution in [1.29, 1.82) is 0 Å². The topological polar surface area (TPSA) is 46.3 Å². The van der Waals surface area contributed by atoms with E-state index >= 15 is 0 Å². The highest BCUT2D eigenvalue weighted by atomic mass is 19.1. The largest absolute Gasteiger partial charge is 0.396 e. The number of nitrogen functional groups attached to an aromatic ring is 1. The monoisotopic (exact) mass is 238 g/mol. The van der Waals surface area contributed by atoms with E-state index < -0.39 is 5.82 Å². The molecule has 1 atom stereocenters. The van der Waals surface area contributed by atoms with Gasteiger partial charge in [-0.15, -0.1) is 0 Å². The molecule has 0 saturated carbocycles. The number of halogens is 1. The Bertz CT molecular complexity index is 406. The molecule has 1 unspecified atom stereocenters. The van der Waals surface area contributed by atoms with Crippen LogP contribution in [0.15, 0.2) is 18.2 Å². The summed E-state index contributed by atoms with van der Waals surface area (Å²) in [6.45, 7) is 6.58. The number of anilines is 1. The van der Waals surface area contributed by atoms with Crippen molar-refractivity contribution in [2.75, 3.05) is 12.3 Å². The SMILES string of the molecule is CCC(C)N(CC)C(=O)c1ccc(F)c(N)c1. The van der Waals surface area contributed by atoms with Gasteiger partial charge < -0.3 is 10.6 Å². The minimum Gasteiger partial charge on any atom is -0.396 e. The highest BCUT2D eigenvalue weighted by molar-refractivity contribution is 5.95. The Morgan fingerprint density at radius 3 is 2.59 bits per heavy atom. The van der Waals surface area contributed by atoms with Gasteiger partial charge in [0.25, 0.3) is 5.91 Å². The van der Waals surface area contributed by atoms with Crippen LogP contribution in [0.5, 0.6) is 0 Å². The third-order valence-corrected chi connectivity index (χ3v) is 2.97. The predicted molar refractivity (Wildman–Crippen MR) is 67.3 cm³/mol. The number of carbonyl (C=O) groups excluding carboxylic acids is 1. The number of hydrogen-bond acceptors (Lipinski definition) is 2. The summed E-state index contributed by atoms with van der Waals surface area (Å²) in [5.41, 5.74) is 5.91. The highest BCUT2D eigenvalue weighted by Gasteiger charge is 2.19. The summed E-state index contributed by atoms with van der Waals surface area (Å²) in [6.07, 6.45) is 0.885. The number of carbonyl (C=O) groups is 1. The lowest BCUT2D eigenvalue weighted by atomic mass is 10.1. The molecule has 1 rings (SSSR count). The molecule has 0 aliphatic heterocycles. The van der Waals surface area contributed by atoms with Gasteiger partial charge in [-0.1, -0.05) is 6.92 Å². The van der Waals surface area contributed by atoms with Crippen LogP contribution < -0.4 is 5.73 Å². The van der Waals surface area contributed by atoms with Gasteiger partial charge in [-0.2, -0.15) is 0 Å². The molecule has 94 valence electrons. The van der Waals surface area contributed by atoms with E-state index in [1.165, 1.54) is 18.2 Å². The van der Waals surface area contributed by atoms with Crippen molar-refractivity contribution < 1.29 is 9.18 Å². The van der Waals surface area contributed by atoms with Crippen LogP contribution in [-0.4, -0.2) is 23.4 Å². The van der Waals surface area contributed by atoms with Crippen molar-refractivity contribution in [3.8, 4) is 0 Å². The van der Waals surface area contributed by atoms with E-state index in [1.807, 2.05) is 20.8 Å². The third kappa shape index (κ3) is 2.96. The minimum atomic E-state index is -0.492. The molecule has 0 heterocycles. The van der Waals surface area contributed by atoms with Crippen LogP contribution >= 0.6 is 0 Å². The van der Waals surface area contributed by atoms with Crippen LogP contribution in [0, 0.1) is 5.82 Å². The first kappa shape index (κ1) is 13.5. The number of rotatable bonds is 4. The molecular weight excluding hydrogens is 219 g/mol.